The lowest BCUT2D eigenvalue weighted by Gasteiger charge is -2.36. The normalized spacial score (nSPS) is 19.5. The van der Waals surface area contributed by atoms with E-state index >= 15 is 0 Å². The van der Waals surface area contributed by atoms with Crippen molar-refractivity contribution >= 4 is 5.69 Å². The minimum Gasteiger partial charge on any atom is -0.478 e. The van der Waals surface area contributed by atoms with Crippen LogP contribution in [0.2, 0.25) is 0 Å². The maximum absolute atomic E-state index is 6.14. The van der Waals surface area contributed by atoms with Gasteiger partial charge in [-0.05, 0) is 53.9 Å². The number of benzene rings is 3. The molecule has 3 aromatic carbocycles. The molecule has 1 atom stereocenters. The van der Waals surface area contributed by atoms with Crippen molar-refractivity contribution in [3.63, 3.8) is 0 Å². The van der Waals surface area contributed by atoms with Gasteiger partial charge >= 0.3 is 0 Å². The molecule has 3 aliphatic rings. The fourth-order valence-corrected chi connectivity index (χ4v) is 5.30. The highest BCUT2D eigenvalue weighted by atomic mass is 16.5. The van der Waals surface area contributed by atoms with Gasteiger partial charge in [0.15, 0.2) is 6.73 Å². The average Bonchev–Trinajstić information content (AvgIpc) is 2.92. The number of hydrogen-bond donors (Lipinski definition) is 0. The Kier molecular flexibility index (Phi) is 5.62. The zero-order valence-electron chi connectivity index (χ0n) is 20.5. The van der Waals surface area contributed by atoms with Crippen LogP contribution in [0.3, 0.4) is 0 Å². The Balaban J connectivity index is 1.26. The summed E-state index contributed by atoms with van der Waals surface area (Å²) < 4.78 is 12.2. The van der Waals surface area contributed by atoms with Crippen LogP contribution >= 0.6 is 0 Å². The minimum atomic E-state index is -0.144. The van der Waals surface area contributed by atoms with E-state index in [1.165, 1.54) is 27.9 Å². The molecule has 0 fully saturated rings. The van der Waals surface area contributed by atoms with E-state index in [2.05, 4.69) is 115 Å². The predicted octanol–water partition coefficient (Wildman–Crippen LogP) is 6.41. The second-order valence-corrected chi connectivity index (χ2v) is 10.2. The first kappa shape index (κ1) is 22.0. The molecule has 178 valence electrons. The monoisotopic (exact) mass is 464 g/mol. The molecule has 35 heavy (non-hydrogen) atoms. The second kappa shape index (κ2) is 8.94. The summed E-state index contributed by atoms with van der Waals surface area (Å²) in [4.78, 5) is 4.69. The van der Waals surface area contributed by atoms with Crippen molar-refractivity contribution in [2.75, 3.05) is 18.4 Å². The van der Waals surface area contributed by atoms with Gasteiger partial charge < -0.3 is 14.4 Å². The number of anilines is 1. The third-order valence-corrected chi connectivity index (χ3v) is 7.61. The third-order valence-electron chi connectivity index (χ3n) is 7.61. The minimum absolute atomic E-state index is 0.144. The highest BCUT2D eigenvalue weighted by Crippen LogP contribution is 2.39. The summed E-state index contributed by atoms with van der Waals surface area (Å²) in [6.45, 7) is 7.59. The molecule has 3 aromatic rings. The SMILES string of the molecule is CC(C)(c1ccc2c(c1)CN(c1ccccc1)CO2)c1ccc2c(c1)CN(C1C=CC=CC1)CO2. The van der Waals surface area contributed by atoms with Crippen LogP contribution in [0.1, 0.15) is 42.5 Å². The summed E-state index contributed by atoms with van der Waals surface area (Å²) in [5, 5.41) is 0. The number of fused-ring (bicyclic) bond motifs is 2. The van der Waals surface area contributed by atoms with Crippen LogP contribution in [0.15, 0.2) is 91.0 Å². The van der Waals surface area contributed by atoms with Gasteiger partial charge in [0.05, 0.1) is 0 Å². The topological polar surface area (TPSA) is 24.9 Å². The maximum Gasteiger partial charge on any atom is 0.161 e. The van der Waals surface area contributed by atoms with E-state index in [1.54, 1.807) is 0 Å². The van der Waals surface area contributed by atoms with Crippen molar-refractivity contribution in [1.82, 2.24) is 4.90 Å². The molecule has 1 unspecified atom stereocenters. The van der Waals surface area contributed by atoms with Crippen molar-refractivity contribution in [3.05, 3.63) is 113 Å². The van der Waals surface area contributed by atoms with Crippen LogP contribution in [0.25, 0.3) is 0 Å². The zero-order valence-corrected chi connectivity index (χ0v) is 20.5. The fraction of sp³-hybridized carbons (Fsp3) is 0.290. The van der Waals surface area contributed by atoms with Crippen LogP contribution in [-0.2, 0) is 18.5 Å². The molecular formula is C31H32N2O2. The van der Waals surface area contributed by atoms with Crippen LogP contribution in [0, 0.1) is 0 Å². The van der Waals surface area contributed by atoms with E-state index in [0.717, 1.165) is 31.0 Å². The fourth-order valence-electron chi connectivity index (χ4n) is 5.30. The van der Waals surface area contributed by atoms with E-state index < -0.39 is 0 Å². The smallest absolute Gasteiger partial charge is 0.161 e. The Labute approximate surface area is 208 Å². The third kappa shape index (κ3) is 4.23. The van der Waals surface area contributed by atoms with Crippen LogP contribution in [0.5, 0.6) is 11.5 Å². The quantitative estimate of drug-likeness (QED) is 0.446. The summed E-state index contributed by atoms with van der Waals surface area (Å²) in [6.07, 6.45) is 9.81. The van der Waals surface area contributed by atoms with E-state index in [0.29, 0.717) is 19.5 Å². The molecule has 6 rings (SSSR count). The number of hydrogen-bond acceptors (Lipinski definition) is 4. The molecule has 0 aromatic heterocycles. The van der Waals surface area contributed by atoms with Crippen LogP contribution in [-0.4, -0.2) is 24.4 Å². The molecule has 0 saturated carbocycles. The van der Waals surface area contributed by atoms with E-state index in [1.807, 2.05) is 0 Å². The molecule has 0 N–H and O–H groups in total. The summed E-state index contributed by atoms with van der Waals surface area (Å²) >= 11 is 0. The van der Waals surface area contributed by atoms with Crippen molar-refractivity contribution in [2.45, 2.75) is 44.8 Å². The molecule has 2 heterocycles. The molecule has 2 aliphatic heterocycles. The van der Waals surface area contributed by atoms with Gasteiger partial charge in [0.2, 0.25) is 0 Å². The van der Waals surface area contributed by atoms with Crippen LogP contribution < -0.4 is 14.4 Å². The molecule has 4 heteroatoms. The molecule has 1 aliphatic carbocycles. The van der Waals surface area contributed by atoms with Gasteiger partial charge in [-0.25, -0.2) is 0 Å². The largest absolute Gasteiger partial charge is 0.478 e. The summed E-state index contributed by atoms with van der Waals surface area (Å²) in [6, 6.07) is 24.3. The highest BCUT2D eigenvalue weighted by Gasteiger charge is 2.29. The summed E-state index contributed by atoms with van der Waals surface area (Å²) in [5.74, 6) is 1.99. The number of nitrogens with zero attached hydrogens (tertiary/aromatic N) is 2. The number of allylic oxidation sites excluding steroid dienone is 2. The van der Waals surface area contributed by atoms with Crippen molar-refractivity contribution in [1.29, 1.82) is 0 Å². The molecule has 0 saturated heterocycles. The lowest BCUT2D eigenvalue weighted by Crippen LogP contribution is -2.39. The molecule has 0 amide bonds. The molecule has 4 nitrogen and oxygen atoms in total. The first-order chi connectivity index (χ1) is 17.1. The standard InChI is InChI=1S/C31H32N2O2/c1-31(2,25-13-15-29-23(17-25)19-32(21-34-29)27-9-5-3-6-10-27)26-14-16-30-24(18-26)20-33(22-35-30)28-11-7-4-8-12-28/h3-11,13-18,28H,12,19-22H2,1-2H3. The zero-order chi connectivity index (χ0) is 23.8. The Morgan fingerprint density at radius 3 is 2.14 bits per heavy atom. The highest BCUT2D eigenvalue weighted by molar-refractivity contribution is 5.52. The van der Waals surface area contributed by atoms with Gasteiger partial charge in [-0.3, -0.25) is 4.90 Å². The van der Waals surface area contributed by atoms with Gasteiger partial charge in [-0.15, -0.1) is 0 Å². The van der Waals surface area contributed by atoms with E-state index in [-0.39, 0.29) is 5.41 Å². The lowest BCUT2D eigenvalue weighted by atomic mass is 9.77. The van der Waals surface area contributed by atoms with Crippen molar-refractivity contribution in [3.8, 4) is 11.5 Å². The van der Waals surface area contributed by atoms with Gasteiger partial charge in [0, 0.05) is 41.4 Å². The molecule has 0 spiro atoms. The Morgan fingerprint density at radius 2 is 1.46 bits per heavy atom. The Morgan fingerprint density at radius 1 is 0.771 bits per heavy atom. The van der Waals surface area contributed by atoms with Gasteiger partial charge in [-0.1, -0.05) is 68.5 Å². The van der Waals surface area contributed by atoms with Crippen molar-refractivity contribution in [2.24, 2.45) is 0 Å². The van der Waals surface area contributed by atoms with E-state index in [4.69, 9.17) is 9.47 Å². The van der Waals surface area contributed by atoms with E-state index in [9.17, 15) is 0 Å². The number of ether oxygens (including phenoxy) is 2. The lowest BCUT2D eigenvalue weighted by molar-refractivity contribution is 0.0724. The Bertz CT molecular complexity index is 1280. The van der Waals surface area contributed by atoms with Gasteiger partial charge in [0.25, 0.3) is 0 Å². The number of para-hydroxylation sites is 1. The van der Waals surface area contributed by atoms with Crippen molar-refractivity contribution < 1.29 is 9.47 Å². The molecule has 0 radical (unpaired) electrons. The molecule has 0 bridgehead atoms. The first-order valence-electron chi connectivity index (χ1n) is 12.5. The summed E-state index contributed by atoms with van der Waals surface area (Å²) in [7, 11) is 0. The number of rotatable bonds is 4. The van der Waals surface area contributed by atoms with Gasteiger partial charge in [0.1, 0.15) is 18.2 Å². The molecular weight excluding hydrogens is 432 g/mol. The van der Waals surface area contributed by atoms with Gasteiger partial charge in [-0.2, -0.15) is 0 Å². The second-order valence-electron chi connectivity index (χ2n) is 10.2. The predicted molar refractivity (Wildman–Crippen MR) is 141 cm³/mol. The van der Waals surface area contributed by atoms with Crippen LogP contribution in [0.4, 0.5) is 5.69 Å². The average molecular weight is 465 g/mol. The first-order valence-corrected chi connectivity index (χ1v) is 12.5. The maximum atomic E-state index is 6.14. The summed E-state index contributed by atoms with van der Waals surface area (Å²) in [5.41, 5.74) is 6.14. The Hall–Kier alpha value is -3.50.